The maximum absolute atomic E-state index is 13.8. The number of hydrogen-bond donors (Lipinski definition) is 1. The fourth-order valence-electron chi connectivity index (χ4n) is 2.45. The molecule has 1 aliphatic rings. The second-order valence-corrected chi connectivity index (χ2v) is 5.45. The molecule has 0 saturated heterocycles. The molecule has 1 saturated carbocycles. The molecule has 21 heavy (non-hydrogen) atoms. The van der Waals surface area contributed by atoms with Crippen LogP contribution in [0.15, 0.2) is 18.2 Å². The average molecular weight is 293 g/mol. The van der Waals surface area contributed by atoms with E-state index >= 15 is 0 Å². The van der Waals surface area contributed by atoms with Crippen LogP contribution in [0, 0.1) is 5.82 Å². The molecule has 5 heteroatoms. The van der Waals surface area contributed by atoms with Gasteiger partial charge in [0.05, 0.1) is 0 Å². The summed E-state index contributed by atoms with van der Waals surface area (Å²) in [7, 11) is 0. The van der Waals surface area contributed by atoms with Crippen LogP contribution < -0.4 is 10.1 Å². The monoisotopic (exact) mass is 293 g/mol. The SMILES string of the molecule is CC(=O)c1ccc(OC(C)C(=O)NC2CCCC2)c(F)c1. The van der Waals surface area contributed by atoms with E-state index in [0.29, 0.717) is 0 Å². The predicted octanol–water partition coefficient (Wildman–Crippen LogP) is 2.85. The van der Waals surface area contributed by atoms with E-state index in [1.54, 1.807) is 6.92 Å². The lowest BCUT2D eigenvalue weighted by Gasteiger charge is -2.18. The van der Waals surface area contributed by atoms with Gasteiger partial charge >= 0.3 is 0 Å². The molecule has 1 amide bonds. The summed E-state index contributed by atoms with van der Waals surface area (Å²) in [6.07, 6.45) is 3.45. The van der Waals surface area contributed by atoms with Crippen LogP contribution in [-0.4, -0.2) is 23.8 Å². The summed E-state index contributed by atoms with van der Waals surface area (Å²) < 4.78 is 19.2. The number of Topliss-reactive ketones (excluding diaryl/α,β-unsaturated/α-hetero) is 1. The summed E-state index contributed by atoms with van der Waals surface area (Å²) in [5, 5.41) is 2.91. The number of benzene rings is 1. The topological polar surface area (TPSA) is 55.4 Å². The molecule has 4 nitrogen and oxygen atoms in total. The van der Waals surface area contributed by atoms with Crippen LogP contribution >= 0.6 is 0 Å². The van der Waals surface area contributed by atoms with Gasteiger partial charge in [-0.05, 0) is 44.9 Å². The van der Waals surface area contributed by atoms with Gasteiger partial charge in [-0.15, -0.1) is 0 Å². The first-order valence-corrected chi connectivity index (χ1v) is 7.25. The minimum absolute atomic E-state index is 0.0194. The molecule has 0 aromatic heterocycles. The van der Waals surface area contributed by atoms with Gasteiger partial charge < -0.3 is 10.1 Å². The van der Waals surface area contributed by atoms with Gasteiger partial charge in [-0.25, -0.2) is 4.39 Å². The van der Waals surface area contributed by atoms with Crippen molar-refractivity contribution in [3.63, 3.8) is 0 Å². The molecule has 114 valence electrons. The van der Waals surface area contributed by atoms with Crippen molar-refractivity contribution in [1.29, 1.82) is 0 Å². The molecule has 0 bridgehead atoms. The molecule has 2 rings (SSSR count). The van der Waals surface area contributed by atoms with E-state index in [9.17, 15) is 14.0 Å². The van der Waals surface area contributed by atoms with E-state index in [1.165, 1.54) is 19.1 Å². The number of carbonyl (C=O) groups excluding carboxylic acids is 2. The lowest BCUT2D eigenvalue weighted by atomic mass is 10.1. The Morgan fingerprint density at radius 2 is 2.00 bits per heavy atom. The van der Waals surface area contributed by atoms with Crippen LogP contribution in [0.4, 0.5) is 4.39 Å². The third-order valence-electron chi connectivity index (χ3n) is 3.71. The molecular formula is C16H20FNO3. The van der Waals surface area contributed by atoms with Crippen LogP contribution in [0.25, 0.3) is 0 Å². The van der Waals surface area contributed by atoms with Crippen LogP contribution in [-0.2, 0) is 4.79 Å². The zero-order valence-electron chi connectivity index (χ0n) is 12.3. The Kier molecular flexibility index (Phi) is 4.94. The maximum Gasteiger partial charge on any atom is 0.260 e. The minimum Gasteiger partial charge on any atom is -0.478 e. The normalized spacial score (nSPS) is 16.5. The highest BCUT2D eigenvalue weighted by atomic mass is 19.1. The van der Waals surface area contributed by atoms with Gasteiger partial charge in [0.25, 0.3) is 5.91 Å². The predicted molar refractivity (Wildman–Crippen MR) is 76.9 cm³/mol. The highest BCUT2D eigenvalue weighted by Crippen LogP contribution is 2.21. The highest BCUT2D eigenvalue weighted by Gasteiger charge is 2.22. The summed E-state index contributed by atoms with van der Waals surface area (Å²) in [5.74, 6) is -1.11. The fourth-order valence-corrected chi connectivity index (χ4v) is 2.45. The fraction of sp³-hybridized carbons (Fsp3) is 0.500. The number of ketones is 1. The van der Waals surface area contributed by atoms with Crippen molar-refractivity contribution in [1.82, 2.24) is 5.32 Å². The third kappa shape index (κ3) is 4.03. The second kappa shape index (κ2) is 6.70. The number of halogens is 1. The largest absolute Gasteiger partial charge is 0.478 e. The zero-order chi connectivity index (χ0) is 15.4. The van der Waals surface area contributed by atoms with E-state index in [4.69, 9.17) is 4.74 Å². The lowest BCUT2D eigenvalue weighted by Crippen LogP contribution is -2.41. The van der Waals surface area contributed by atoms with Gasteiger partial charge in [-0.2, -0.15) is 0 Å². The lowest BCUT2D eigenvalue weighted by molar-refractivity contribution is -0.128. The number of hydrogen-bond acceptors (Lipinski definition) is 3. The quantitative estimate of drug-likeness (QED) is 0.849. The van der Waals surface area contributed by atoms with Gasteiger partial charge in [0.15, 0.2) is 23.5 Å². The Balaban J connectivity index is 1.96. The van der Waals surface area contributed by atoms with Crippen molar-refractivity contribution < 1.29 is 18.7 Å². The molecule has 1 atom stereocenters. The molecule has 0 heterocycles. The van der Waals surface area contributed by atoms with E-state index in [0.717, 1.165) is 31.7 Å². The number of nitrogens with one attached hydrogen (secondary N) is 1. The molecular weight excluding hydrogens is 273 g/mol. The number of carbonyl (C=O) groups is 2. The van der Waals surface area contributed by atoms with Crippen LogP contribution in [0.1, 0.15) is 49.9 Å². The molecule has 0 spiro atoms. The molecule has 1 unspecified atom stereocenters. The Labute approximate surface area is 123 Å². The van der Waals surface area contributed by atoms with Crippen molar-refractivity contribution in [3.05, 3.63) is 29.6 Å². The number of amides is 1. The molecule has 1 aromatic carbocycles. The van der Waals surface area contributed by atoms with Crippen molar-refractivity contribution >= 4 is 11.7 Å². The number of rotatable bonds is 5. The van der Waals surface area contributed by atoms with Gasteiger partial charge in [-0.3, -0.25) is 9.59 Å². The van der Waals surface area contributed by atoms with Crippen LogP contribution in [0.3, 0.4) is 0 Å². The summed E-state index contributed by atoms with van der Waals surface area (Å²) in [4.78, 5) is 23.1. The van der Waals surface area contributed by atoms with Crippen LogP contribution in [0.2, 0.25) is 0 Å². The van der Waals surface area contributed by atoms with E-state index < -0.39 is 11.9 Å². The molecule has 0 radical (unpaired) electrons. The Morgan fingerprint density at radius 1 is 1.33 bits per heavy atom. The summed E-state index contributed by atoms with van der Waals surface area (Å²) in [6.45, 7) is 2.95. The van der Waals surface area contributed by atoms with Crippen LogP contribution in [0.5, 0.6) is 5.75 Å². The second-order valence-electron chi connectivity index (χ2n) is 5.45. The van der Waals surface area contributed by atoms with Gasteiger partial charge in [0.2, 0.25) is 0 Å². The molecule has 1 aromatic rings. The highest BCUT2D eigenvalue weighted by molar-refractivity contribution is 5.94. The van der Waals surface area contributed by atoms with E-state index in [2.05, 4.69) is 5.32 Å². The van der Waals surface area contributed by atoms with Gasteiger partial charge in [0.1, 0.15) is 0 Å². The Hall–Kier alpha value is -1.91. The van der Waals surface area contributed by atoms with Crippen molar-refractivity contribution in [2.75, 3.05) is 0 Å². The van der Waals surface area contributed by atoms with E-state index in [1.807, 2.05) is 0 Å². The van der Waals surface area contributed by atoms with E-state index in [-0.39, 0.29) is 29.0 Å². The smallest absolute Gasteiger partial charge is 0.260 e. The standard InChI is InChI=1S/C16H20FNO3/c1-10(19)12-7-8-15(14(17)9-12)21-11(2)16(20)18-13-5-3-4-6-13/h7-9,11,13H,3-6H2,1-2H3,(H,18,20). The van der Waals surface area contributed by atoms with Crippen molar-refractivity contribution in [2.24, 2.45) is 0 Å². The Morgan fingerprint density at radius 3 is 2.57 bits per heavy atom. The first-order valence-electron chi connectivity index (χ1n) is 7.25. The number of ether oxygens (including phenoxy) is 1. The minimum atomic E-state index is -0.775. The molecule has 1 N–H and O–H groups in total. The maximum atomic E-state index is 13.8. The van der Waals surface area contributed by atoms with Gasteiger partial charge in [-0.1, -0.05) is 12.8 Å². The molecule has 0 aliphatic heterocycles. The first-order chi connectivity index (χ1) is 9.97. The van der Waals surface area contributed by atoms with Gasteiger partial charge in [0, 0.05) is 11.6 Å². The Bertz CT molecular complexity index is 538. The summed E-state index contributed by atoms with van der Waals surface area (Å²) in [5.41, 5.74) is 0.280. The average Bonchev–Trinajstić information content (AvgIpc) is 2.93. The first kappa shape index (κ1) is 15.5. The van der Waals surface area contributed by atoms with Crippen molar-refractivity contribution in [2.45, 2.75) is 51.7 Å². The molecule has 1 aliphatic carbocycles. The third-order valence-corrected chi connectivity index (χ3v) is 3.71. The molecule has 1 fully saturated rings. The summed E-state index contributed by atoms with van der Waals surface area (Å²) in [6, 6.07) is 4.20. The van der Waals surface area contributed by atoms with Crippen molar-refractivity contribution in [3.8, 4) is 5.75 Å². The zero-order valence-corrected chi connectivity index (χ0v) is 12.3. The summed E-state index contributed by atoms with van der Waals surface area (Å²) >= 11 is 0.